The van der Waals surface area contributed by atoms with Gasteiger partial charge in [0.1, 0.15) is 11.3 Å². The van der Waals surface area contributed by atoms with Crippen LogP contribution in [0.2, 0.25) is 0 Å². The van der Waals surface area contributed by atoms with Crippen LogP contribution in [0.4, 0.5) is 0 Å². The molecule has 0 fully saturated rings. The third kappa shape index (κ3) is 1.84. The molecule has 90 valence electrons. The Hall–Kier alpha value is -2.29. The summed E-state index contributed by atoms with van der Waals surface area (Å²) < 4.78 is 5.73. The number of rotatable bonds is 2. The van der Waals surface area contributed by atoms with E-state index in [1.54, 1.807) is 18.2 Å². The Labute approximate surface area is 104 Å². The molecule has 2 aromatic rings. The molecule has 0 amide bonds. The summed E-state index contributed by atoms with van der Waals surface area (Å²) in [6.45, 7) is 0. The molecule has 1 heterocycles. The molecule has 0 aliphatic heterocycles. The van der Waals surface area contributed by atoms with Crippen LogP contribution in [0.1, 0.15) is 29.0 Å². The summed E-state index contributed by atoms with van der Waals surface area (Å²) >= 11 is 0. The van der Waals surface area contributed by atoms with Gasteiger partial charge in [-0.25, -0.2) is 4.79 Å². The lowest BCUT2D eigenvalue weighted by Crippen LogP contribution is -1.94. The van der Waals surface area contributed by atoms with Crippen molar-refractivity contribution in [3.8, 4) is 0 Å². The topological polar surface area (TPSA) is 50.4 Å². The van der Waals surface area contributed by atoms with Crippen LogP contribution in [0.3, 0.4) is 0 Å². The van der Waals surface area contributed by atoms with Crippen LogP contribution in [0.5, 0.6) is 0 Å². The average molecular weight is 240 g/mol. The highest BCUT2D eigenvalue weighted by molar-refractivity contribution is 5.94. The maximum absolute atomic E-state index is 10.9. The Morgan fingerprint density at radius 1 is 1.22 bits per heavy atom. The first-order chi connectivity index (χ1) is 8.74. The minimum absolute atomic E-state index is 0.281. The van der Waals surface area contributed by atoms with Crippen molar-refractivity contribution in [3.63, 3.8) is 0 Å². The van der Waals surface area contributed by atoms with Crippen LogP contribution >= 0.6 is 0 Å². The van der Waals surface area contributed by atoms with E-state index in [1.165, 1.54) is 0 Å². The fourth-order valence-electron chi connectivity index (χ4n) is 2.11. The molecule has 0 atom stereocenters. The van der Waals surface area contributed by atoms with Gasteiger partial charge in [-0.1, -0.05) is 18.2 Å². The molecule has 0 unspecified atom stereocenters. The summed E-state index contributed by atoms with van der Waals surface area (Å²) in [6, 6.07) is 6.79. The highest BCUT2D eigenvalue weighted by Crippen LogP contribution is 2.28. The number of hydrogen-bond acceptors (Lipinski definition) is 2. The number of hydrogen-bond donors (Lipinski definition) is 1. The van der Waals surface area contributed by atoms with E-state index in [9.17, 15) is 4.79 Å². The fraction of sp³-hybridized carbons (Fsp3) is 0.133. The van der Waals surface area contributed by atoms with Gasteiger partial charge < -0.3 is 9.52 Å². The minimum Gasteiger partial charge on any atom is -0.478 e. The average Bonchev–Trinajstić information content (AvgIpc) is 2.82. The molecule has 1 N–H and O–H groups in total. The molecule has 18 heavy (non-hydrogen) atoms. The van der Waals surface area contributed by atoms with Crippen LogP contribution in [0.25, 0.3) is 16.5 Å². The maximum Gasteiger partial charge on any atom is 0.335 e. The summed E-state index contributed by atoms with van der Waals surface area (Å²) in [7, 11) is 0. The Bertz CT molecular complexity index is 674. The quantitative estimate of drug-likeness (QED) is 0.867. The highest BCUT2D eigenvalue weighted by Gasteiger charge is 2.10. The van der Waals surface area contributed by atoms with Crippen LogP contribution < -0.4 is 0 Å². The molecule has 0 bridgehead atoms. The lowest BCUT2D eigenvalue weighted by atomic mass is 10.0. The number of furan rings is 1. The molecular formula is C15H12O3. The van der Waals surface area contributed by atoms with Crippen molar-refractivity contribution >= 4 is 22.5 Å². The Balaban J connectivity index is 2.08. The SMILES string of the molecule is O=C(O)c1ccc2oc(C3=CCCC=C3)cc2c1. The summed E-state index contributed by atoms with van der Waals surface area (Å²) in [5.41, 5.74) is 2.06. The Morgan fingerprint density at radius 3 is 2.83 bits per heavy atom. The van der Waals surface area contributed by atoms with E-state index in [2.05, 4.69) is 12.2 Å². The van der Waals surface area contributed by atoms with E-state index in [0.29, 0.717) is 0 Å². The standard InChI is InChI=1S/C15H12O3/c16-15(17)11-6-7-13-12(8-11)9-14(18-13)10-4-2-1-3-5-10/h2,4-9H,1,3H2,(H,16,17). The van der Waals surface area contributed by atoms with Crippen LogP contribution in [-0.2, 0) is 0 Å². The van der Waals surface area contributed by atoms with Gasteiger partial charge in [-0.05, 0) is 37.1 Å². The van der Waals surface area contributed by atoms with Crippen LogP contribution in [0, 0.1) is 0 Å². The second-order valence-electron chi connectivity index (χ2n) is 4.31. The van der Waals surface area contributed by atoms with Crippen molar-refractivity contribution in [2.75, 3.05) is 0 Å². The zero-order valence-corrected chi connectivity index (χ0v) is 9.72. The second kappa shape index (κ2) is 4.18. The van der Waals surface area contributed by atoms with Crippen molar-refractivity contribution < 1.29 is 14.3 Å². The number of aromatic carboxylic acids is 1. The number of carbonyl (C=O) groups is 1. The van der Waals surface area contributed by atoms with Gasteiger partial charge in [-0.3, -0.25) is 0 Å². The van der Waals surface area contributed by atoms with Gasteiger partial charge in [0.05, 0.1) is 5.56 Å². The van der Waals surface area contributed by atoms with Crippen LogP contribution in [-0.4, -0.2) is 11.1 Å². The van der Waals surface area contributed by atoms with Crippen LogP contribution in [0.15, 0.2) is 46.9 Å². The minimum atomic E-state index is -0.920. The molecule has 1 aliphatic rings. The molecule has 3 heteroatoms. The predicted octanol–water partition coefficient (Wildman–Crippen LogP) is 3.86. The number of fused-ring (bicyclic) bond motifs is 1. The monoisotopic (exact) mass is 240 g/mol. The Kier molecular flexibility index (Phi) is 2.52. The normalized spacial score (nSPS) is 14.8. The Morgan fingerprint density at radius 2 is 2.11 bits per heavy atom. The number of carboxylic acids is 1. The van der Waals surface area contributed by atoms with Crippen molar-refractivity contribution in [2.24, 2.45) is 0 Å². The molecule has 0 saturated heterocycles. The van der Waals surface area contributed by atoms with Crippen molar-refractivity contribution in [2.45, 2.75) is 12.8 Å². The van der Waals surface area contributed by atoms with Gasteiger partial charge in [0, 0.05) is 11.0 Å². The van der Waals surface area contributed by atoms with Gasteiger partial charge in [-0.15, -0.1) is 0 Å². The zero-order chi connectivity index (χ0) is 12.5. The van der Waals surface area contributed by atoms with Crippen molar-refractivity contribution in [3.05, 3.63) is 53.8 Å². The molecule has 0 saturated carbocycles. The summed E-state index contributed by atoms with van der Waals surface area (Å²) in [6.07, 6.45) is 8.37. The predicted molar refractivity (Wildman–Crippen MR) is 69.5 cm³/mol. The summed E-state index contributed by atoms with van der Waals surface area (Å²) in [4.78, 5) is 10.9. The lowest BCUT2D eigenvalue weighted by molar-refractivity contribution is 0.0697. The number of benzene rings is 1. The van der Waals surface area contributed by atoms with E-state index in [4.69, 9.17) is 9.52 Å². The van der Waals surface area contributed by atoms with E-state index in [0.717, 1.165) is 35.1 Å². The first-order valence-electron chi connectivity index (χ1n) is 5.88. The fourth-order valence-corrected chi connectivity index (χ4v) is 2.11. The summed E-state index contributed by atoms with van der Waals surface area (Å²) in [5, 5.41) is 9.77. The molecular weight excluding hydrogens is 228 g/mol. The first kappa shape index (κ1) is 10.8. The highest BCUT2D eigenvalue weighted by atomic mass is 16.4. The third-order valence-electron chi connectivity index (χ3n) is 3.04. The first-order valence-corrected chi connectivity index (χ1v) is 5.88. The van der Waals surface area contributed by atoms with Gasteiger partial charge in [-0.2, -0.15) is 0 Å². The van der Waals surface area contributed by atoms with E-state index < -0.39 is 5.97 Å². The second-order valence-corrected chi connectivity index (χ2v) is 4.31. The smallest absolute Gasteiger partial charge is 0.335 e. The molecule has 3 nitrogen and oxygen atoms in total. The molecule has 1 aromatic heterocycles. The molecule has 0 spiro atoms. The van der Waals surface area contributed by atoms with E-state index in [1.807, 2.05) is 12.1 Å². The van der Waals surface area contributed by atoms with Gasteiger partial charge in [0.15, 0.2) is 0 Å². The molecule has 1 aromatic carbocycles. The van der Waals surface area contributed by atoms with Crippen molar-refractivity contribution in [1.82, 2.24) is 0 Å². The zero-order valence-electron chi connectivity index (χ0n) is 9.72. The lowest BCUT2D eigenvalue weighted by Gasteiger charge is -2.02. The maximum atomic E-state index is 10.9. The van der Waals surface area contributed by atoms with Crippen molar-refractivity contribution in [1.29, 1.82) is 0 Å². The molecule has 3 rings (SSSR count). The van der Waals surface area contributed by atoms with Gasteiger partial charge in [0.2, 0.25) is 0 Å². The number of carboxylic acid groups (broad SMARTS) is 1. The molecule has 1 aliphatic carbocycles. The largest absolute Gasteiger partial charge is 0.478 e. The van der Waals surface area contributed by atoms with E-state index >= 15 is 0 Å². The third-order valence-corrected chi connectivity index (χ3v) is 3.04. The van der Waals surface area contributed by atoms with E-state index in [-0.39, 0.29) is 5.56 Å². The van der Waals surface area contributed by atoms with Gasteiger partial charge in [0.25, 0.3) is 0 Å². The number of allylic oxidation sites excluding steroid dienone is 4. The van der Waals surface area contributed by atoms with Gasteiger partial charge >= 0.3 is 5.97 Å². The molecule has 0 radical (unpaired) electrons. The summed E-state index contributed by atoms with van der Waals surface area (Å²) in [5.74, 6) is -0.125.